The molecule has 1 spiro atoms. The highest BCUT2D eigenvalue weighted by molar-refractivity contribution is 8.41. The maximum atomic E-state index is 11.9. The van der Waals surface area contributed by atoms with Gasteiger partial charge in [-0.15, -0.1) is 0 Å². The number of benzene rings is 1. The van der Waals surface area contributed by atoms with Crippen LogP contribution in [0.15, 0.2) is 56.2 Å². The van der Waals surface area contributed by atoms with Crippen LogP contribution >= 0.6 is 10.6 Å². The van der Waals surface area contributed by atoms with Crippen molar-refractivity contribution in [2.45, 2.75) is 33.4 Å². The van der Waals surface area contributed by atoms with Gasteiger partial charge in [0.25, 0.3) is 5.17 Å². The van der Waals surface area contributed by atoms with Crippen LogP contribution < -0.4 is 15.9 Å². The van der Waals surface area contributed by atoms with Crippen molar-refractivity contribution < 1.29 is 31.9 Å². The van der Waals surface area contributed by atoms with E-state index >= 15 is 0 Å². The van der Waals surface area contributed by atoms with Crippen LogP contribution in [-0.4, -0.2) is 41.0 Å². The zero-order valence-electron chi connectivity index (χ0n) is 19.6. The Morgan fingerprint density at radius 1 is 1.22 bits per heavy atom. The summed E-state index contributed by atoms with van der Waals surface area (Å²) in [5.41, 5.74) is 1.10. The molecule has 1 saturated heterocycles. The summed E-state index contributed by atoms with van der Waals surface area (Å²) >= 11 is 0. The van der Waals surface area contributed by atoms with Crippen molar-refractivity contribution in [2.75, 3.05) is 6.61 Å². The summed E-state index contributed by atoms with van der Waals surface area (Å²) in [6, 6.07) is 10.8. The molecular formula is C23H25N5O7S. The van der Waals surface area contributed by atoms with Gasteiger partial charge in [-0.2, -0.15) is 0 Å². The number of nitrogens with zero attached hydrogens (tertiary/aromatic N) is 3. The van der Waals surface area contributed by atoms with Crippen molar-refractivity contribution in [1.82, 2.24) is 10.3 Å². The summed E-state index contributed by atoms with van der Waals surface area (Å²) in [6.45, 7) is 4.44. The predicted octanol–water partition coefficient (Wildman–Crippen LogP) is 2.51. The Labute approximate surface area is 208 Å². The van der Waals surface area contributed by atoms with Crippen LogP contribution in [0.1, 0.15) is 37.4 Å². The lowest BCUT2D eigenvalue weighted by Gasteiger charge is -2.26. The van der Waals surface area contributed by atoms with Crippen molar-refractivity contribution in [2.24, 2.45) is 15.8 Å². The summed E-state index contributed by atoms with van der Waals surface area (Å²) < 4.78 is 22.0. The van der Waals surface area contributed by atoms with Crippen LogP contribution in [0, 0.1) is 0 Å². The van der Waals surface area contributed by atoms with Gasteiger partial charge in [0.2, 0.25) is 5.91 Å². The number of ether oxygens (including phenoxy) is 1. The SMILES string of the molecule is CCCOc1ccccc1CN(N)/C=N/C1=NC(c2ccc(CNC(C)=O)o2)=CS12OC(=O)C(=O)O2. The van der Waals surface area contributed by atoms with Crippen LogP contribution in [0.3, 0.4) is 0 Å². The van der Waals surface area contributed by atoms with Crippen LogP contribution in [0.5, 0.6) is 5.75 Å². The molecule has 1 aromatic carbocycles. The highest BCUT2D eigenvalue weighted by Crippen LogP contribution is 2.62. The van der Waals surface area contributed by atoms with E-state index in [1.165, 1.54) is 23.7 Å². The Kier molecular flexibility index (Phi) is 7.41. The Morgan fingerprint density at radius 3 is 2.69 bits per heavy atom. The first kappa shape index (κ1) is 25.0. The topological polar surface area (TPSA) is 158 Å². The van der Waals surface area contributed by atoms with Crippen molar-refractivity contribution in [3.63, 3.8) is 0 Å². The molecule has 2 aromatic rings. The van der Waals surface area contributed by atoms with Gasteiger partial charge in [0.15, 0.2) is 5.76 Å². The van der Waals surface area contributed by atoms with Gasteiger partial charge >= 0.3 is 11.9 Å². The molecule has 2 aliphatic rings. The third-order valence-corrected chi connectivity index (χ3v) is 6.87. The molecule has 12 nitrogen and oxygen atoms in total. The van der Waals surface area contributed by atoms with E-state index in [0.29, 0.717) is 23.9 Å². The summed E-state index contributed by atoms with van der Waals surface area (Å²) in [4.78, 5) is 43.5. The van der Waals surface area contributed by atoms with E-state index in [9.17, 15) is 14.4 Å². The van der Waals surface area contributed by atoms with Crippen LogP contribution in [-0.2, 0) is 35.8 Å². The molecule has 190 valence electrons. The fourth-order valence-electron chi connectivity index (χ4n) is 3.21. The number of carbonyl (C=O) groups is 3. The number of amides is 1. The number of amidine groups is 1. The van der Waals surface area contributed by atoms with Crippen LogP contribution in [0.4, 0.5) is 0 Å². The molecule has 3 heterocycles. The summed E-state index contributed by atoms with van der Waals surface area (Å²) in [5.74, 6) is 5.15. The quantitative estimate of drug-likeness (QED) is 0.168. The number of carbonyl (C=O) groups excluding carboxylic acids is 3. The van der Waals surface area contributed by atoms with E-state index in [-0.39, 0.29) is 29.9 Å². The smallest absolute Gasteiger partial charge is 0.442 e. The van der Waals surface area contributed by atoms with E-state index in [2.05, 4.69) is 15.3 Å². The lowest BCUT2D eigenvalue weighted by Crippen LogP contribution is -2.29. The average Bonchev–Trinajstić information content (AvgIpc) is 3.53. The van der Waals surface area contributed by atoms with E-state index in [1.54, 1.807) is 12.1 Å². The third-order valence-electron chi connectivity index (χ3n) is 4.83. The maximum absolute atomic E-state index is 11.9. The van der Waals surface area contributed by atoms with Crippen molar-refractivity contribution in [3.05, 3.63) is 58.9 Å². The number of nitrogens with two attached hydrogens (primary N) is 1. The second kappa shape index (κ2) is 10.7. The van der Waals surface area contributed by atoms with Gasteiger partial charge in [-0.3, -0.25) is 9.80 Å². The van der Waals surface area contributed by atoms with Crippen LogP contribution in [0.25, 0.3) is 5.70 Å². The van der Waals surface area contributed by atoms with E-state index in [0.717, 1.165) is 12.0 Å². The summed E-state index contributed by atoms with van der Waals surface area (Å²) in [5, 5.41) is 5.30. The second-order valence-corrected chi connectivity index (χ2v) is 9.76. The van der Waals surface area contributed by atoms with Gasteiger partial charge in [-0.1, -0.05) is 25.1 Å². The minimum atomic E-state index is -3.01. The largest absolute Gasteiger partial charge is 0.493 e. The first-order valence-electron chi connectivity index (χ1n) is 11.0. The van der Waals surface area contributed by atoms with Gasteiger partial charge < -0.3 is 22.8 Å². The monoisotopic (exact) mass is 515 g/mol. The number of para-hydroxylation sites is 1. The number of hydrogen-bond acceptors (Lipinski definition) is 10. The van der Waals surface area contributed by atoms with Crippen molar-refractivity contribution in [1.29, 1.82) is 0 Å². The molecule has 1 amide bonds. The standard InChI is InChI=1S/C23H25N5O7S/c1-3-10-32-19-7-5-4-6-16(19)12-28(24)14-26-23-27-18(13-36(23)34-21(30)22(31)35-36)20-9-8-17(33-20)11-25-15(2)29/h4-9,13-14H,3,10-12,24H2,1-2H3,(H,25,29)/b26-14+. The van der Waals surface area contributed by atoms with Gasteiger partial charge in [0, 0.05) is 12.5 Å². The molecule has 4 rings (SSSR count). The molecule has 1 fully saturated rings. The van der Waals surface area contributed by atoms with Gasteiger partial charge in [-0.25, -0.2) is 25.4 Å². The van der Waals surface area contributed by atoms with Gasteiger partial charge in [0.05, 0.1) is 25.1 Å². The highest BCUT2D eigenvalue weighted by atomic mass is 32.3. The maximum Gasteiger partial charge on any atom is 0.442 e. The molecule has 36 heavy (non-hydrogen) atoms. The number of hydrazine groups is 1. The second-order valence-electron chi connectivity index (χ2n) is 7.73. The van der Waals surface area contributed by atoms with Crippen molar-refractivity contribution >= 4 is 45.6 Å². The number of nitrogens with one attached hydrogen (secondary N) is 1. The lowest BCUT2D eigenvalue weighted by atomic mass is 10.2. The Bertz CT molecular complexity index is 1250. The van der Waals surface area contributed by atoms with Crippen LogP contribution in [0.2, 0.25) is 0 Å². The zero-order valence-corrected chi connectivity index (χ0v) is 20.4. The molecule has 1 aromatic heterocycles. The highest BCUT2D eigenvalue weighted by Gasteiger charge is 2.48. The Morgan fingerprint density at radius 2 is 1.97 bits per heavy atom. The number of aliphatic imine (C=N–C) groups is 2. The molecule has 13 heteroatoms. The Balaban J connectivity index is 1.54. The van der Waals surface area contributed by atoms with E-state index in [1.807, 2.05) is 31.2 Å². The molecule has 0 aliphatic carbocycles. The number of furan rings is 1. The number of rotatable bonds is 9. The third kappa shape index (κ3) is 5.58. The van der Waals surface area contributed by atoms with Crippen molar-refractivity contribution in [3.8, 4) is 5.75 Å². The molecule has 0 saturated carbocycles. The normalized spacial score (nSPS) is 17.0. The fraction of sp³-hybridized carbons (Fsp3) is 0.261. The molecule has 3 N–H and O–H groups in total. The molecular weight excluding hydrogens is 490 g/mol. The van der Waals surface area contributed by atoms with Gasteiger partial charge in [0.1, 0.15) is 23.5 Å². The zero-order chi connectivity index (χ0) is 25.7. The minimum Gasteiger partial charge on any atom is -0.493 e. The molecule has 0 atom stereocenters. The Hall–Kier alpha value is -4.10. The predicted molar refractivity (Wildman–Crippen MR) is 132 cm³/mol. The molecule has 0 bridgehead atoms. The minimum absolute atomic E-state index is 0.0394. The molecule has 2 aliphatic heterocycles. The number of hydrogen-bond donors (Lipinski definition) is 2. The lowest BCUT2D eigenvalue weighted by molar-refractivity contribution is -0.150. The fourth-order valence-corrected chi connectivity index (χ4v) is 5.06. The van der Waals surface area contributed by atoms with E-state index in [4.69, 9.17) is 23.4 Å². The van der Waals surface area contributed by atoms with Gasteiger partial charge in [-0.05, 0) is 35.2 Å². The average molecular weight is 516 g/mol. The summed E-state index contributed by atoms with van der Waals surface area (Å²) in [7, 11) is -3.01. The van der Waals surface area contributed by atoms with E-state index < -0.39 is 22.5 Å². The molecule has 0 unspecified atom stereocenters. The first-order chi connectivity index (χ1) is 17.3. The summed E-state index contributed by atoms with van der Waals surface area (Å²) in [6.07, 6.45) is 2.16. The molecule has 0 radical (unpaired) electrons. The first-order valence-corrected chi connectivity index (χ1v) is 12.5.